The minimum atomic E-state index is 0.103. The molecule has 0 amide bonds. The number of hydrogen-bond donors (Lipinski definition) is 1. The summed E-state index contributed by atoms with van der Waals surface area (Å²) in [6.07, 6.45) is 6.20. The molecule has 92 valence electrons. The van der Waals surface area contributed by atoms with Crippen LogP contribution in [-0.4, -0.2) is 36.2 Å². The predicted molar refractivity (Wildman–Crippen MR) is 70.2 cm³/mol. The van der Waals surface area contributed by atoms with Crippen molar-refractivity contribution < 1.29 is 4.74 Å². The third-order valence-electron chi connectivity index (χ3n) is 3.59. The average molecular weight is 242 g/mol. The van der Waals surface area contributed by atoms with Crippen molar-refractivity contribution in [2.75, 3.05) is 20.2 Å². The molecule has 0 aromatic rings. The van der Waals surface area contributed by atoms with E-state index >= 15 is 0 Å². The Morgan fingerprint density at radius 3 is 2.94 bits per heavy atom. The lowest BCUT2D eigenvalue weighted by Gasteiger charge is -2.40. The van der Waals surface area contributed by atoms with Crippen molar-refractivity contribution in [3.8, 4) is 0 Å². The first-order chi connectivity index (χ1) is 7.78. The van der Waals surface area contributed by atoms with Crippen LogP contribution in [0.3, 0.4) is 0 Å². The van der Waals surface area contributed by atoms with Gasteiger partial charge < -0.3 is 10.1 Å². The number of nitrogens with one attached hydrogen (secondary N) is 1. The molecule has 1 unspecified atom stereocenters. The zero-order chi connectivity index (χ0) is 11.4. The Labute approximate surface area is 102 Å². The molecule has 1 heterocycles. The molecule has 4 heteroatoms. The fourth-order valence-electron chi connectivity index (χ4n) is 2.25. The summed E-state index contributed by atoms with van der Waals surface area (Å²) in [7, 11) is 1.82. The van der Waals surface area contributed by atoms with E-state index in [0.29, 0.717) is 5.25 Å². The highest BCUT2D eigenvalue weighted by atomic mass is 32.2. The lowest BCUT2D eigenvalue weighted by molar-refractivity contribution is -0.0663. The number of nitrogens with zero attached hydrogens (tertiary/aromatic N) is 1. The summed E-state index contributed by atoms with van der Waals surface area (Å²) < 4.78 is 5.58. The van der Waals surface area contributed by atoms with E-state index in [-0.39, 0.29) is 5.60 Å². The first kappa shape index (κ1) is 12.2. The lowest BCUT2D eigenvalue weighted by Crippen LogP contribution is -2.48. The highest BCUT2D eigenvalue weighted by molar-refractivity contribution is 8.14. The van der Waals surface area contributed by atoms with Crippen molar-refractivity contribution in [2.45, 2.75) is 49.9 Å². The smallest absolute Gasteiger partial charge is 0.157 e. The van der Waals surface area contributed by atoms with Gasteiger partial charge in [0, 0.05) is 18.9 Å². The van der Waals surface area contributed by atoms with Gasteiger partial charge in [0.1, 0.15) is 0 Å². The summed E-state index contributed by atoms with van der Waals surface area (Å²) in [6, 6.07) is 0. The Morgan fingerprint density at radius 2 is 2.38 bits per heavy atom. The molecule has 1 saturated carbocycles. The predicted octanol–water partition coefficient (Wildman–Crippen LogP) is 2.42. The number of ether oxygens (including phenoxy) is 1. The van der Waals surface area contributed by atoms with Crippen LogP contribution in [0.25, 0.3) is 0 Å². The van der Waals surface area contributed by atoms with E-state index in [0.717, 1.165) is 18.3 Å². The van der Waals surface area contributed by atoms with E-state index in [4.69, 9.17) is 4.74 Å². The topological polar surface area (TPSA) is 33.6 Å². The normalized spacial score (nSPS) is 27.4. The van der Waals surface area contributed by atoms with Crippen molar-refractivity contribution in [3.05, 3.63) is 0 Å². The van der Waals surface area contributed by atoms with Crippen molar-refractivity contribution in [2.24, 2.45) is 4.99 Å². The second kappa shape index (κ2) is 5.41. The average Bonchev–Trinajstić information content (AvgIpc) is 2.66. The highest BCUT2D eigenvalue weighted by Crippen LogP contribution is 2.34. The van der Waals surface area contributed by atoms with Gasteiger partial charge in [0.05, 0.1) is 12.1 Å². The SMILES string of the molecule is CCCC1CN=C(NCC2(OC)CCC2)S1. The van der Waals surface area contributed by atoms with Crippen LogP contribution in [0.1, 0.15) is 39.0 Å². The van der Waals surface area contributed by atoms with E-state index in [1.807, 2.05) is 18.9 Å². The molecule has 1 atom stereocenters. The molecule has 1 aliphatic carbocycles. The molecule has 3 nitrogen and oxygen atoms in total. The molecule has 0 aromatic carbocycles. The maximum absolute atomic E-state index is 5.58. The fraction of sp³-hybridized carbons (Fsp3) is 0.917. The number of aliphatic imine (C=N–C) groups is 1. The minimum absolute atomic E-state index is 0.103. The van der Waals surface area contributed by atoms with Crippen molar-refractivity contribution in [1.29, 1.82) is 0 Å². The van der Waals surface area contributed by atoms with E-state index < -0.39 is 0 Å². The Bertz CT molecular complexity index is 258. The largest absolute Gasteiger partial charge is 0.376 e. The molecule has 0 radical (unpaired) electrons. The molecule has 1 fully saturated rings. The van der Waals surface area contributed by atoms with Crippen LogP contribution in [0.5, 0.6) is 0 Å². The van der Waals surface area contributed by atoms with Gasteiger partial charge in [0.25, 0.3) is 0 Å². The number of methoxy groups -OCH3 is 1. The molecule has 1 aliphatic heterocycles. The summed E-state index contributed by atoms with van der Waals surface area (Å²) in [5.41, 5.74) is 0.103. The molecule has 2 aliphatic rings. The summed E-state index contributed by atoms with van der Waals surface area (Å²) in [6.45, 7) is 4.15. The van der Waals surface area contributed by atoms with Crippen LogP contribution in [0.2, 0.25) is 0 Å². The second-order valence-corrected chi connectivity index (χ2v) is 6.06. The van der Waals surface area contributed by atoms with Gasteiger partial charge in [0.2, 0.25) is 0 Å². The maximum Gasteiger partial charge on any atom is 0.157 e. The zero-order valence-electron chi connectivity index (χ0n) is 10.3. The van der Waals surface area contributed by atoms with E-state index in [1.165, 1.54) is 32.1 Å². The van der Waals surface area contributed by atoms with Gasteiger partial charge in [-0.3, -0.25) is 4.99 Å². The van der Waals surface area contributed by atoms with Crippen LogP contribution in [0.4, 0.5) is 0 Å². The highest BCUT2D eigenvalue weighted by Gasteiger charge is 2.37. The lowest BCUT2D eigenvalue weighted by atomic mass is 9.80. The van der Waals surface area contributed by atoms with E-state index in [1.54, 1.807) is 0 Å². The summed E-state index contributed by atoms with van der Waals surface area (Å²) >= 11 is 1.90. The van der Waals surface area contributed by atoms with Gasteiger partial charge >= 0.3 is 0 Å². The quantitative estimate of drug-likeness (QED) is 0.804. The van der Waals surface area contributed by atoms with Crippen LogP contribution >= 0.6 is 11.8 Å². The minimum Gasteiger partial charge on any atom is -0.376 e. The van der Waals surface area contributed by atoms with Gasteiger partial charge in [-0.1, -0.05) is 25.1 Å². The van der Waals surface area contributed by atoms with Crippen LogP contribution in [-0.2, 0) is 4.74 Å². The standard InChI is InChI=1S/C12H22N2OS/c1-3-5-10-8-13-11(16-10)14-9-12(15-2)6-4-7-12/h10H,3-9H2,1-2H3,(H,13,14). The Morgan fingerprint density at radius 1 is 1.56 bits per heavy atom. The third kappa shape index (κ3) is 2.72. The molecule has 0 bridgehead atoms. The molecule has 0 spiro atoms. The molecule has 0 aromatic heterocycles. The van der Waals surface area contributed by atoms with E-state index in [2.05, 4.69) is 17.2 Å². The first-order valence-corrected chi connectivity index (χ1v) is 7.16. The molecule has 0 saturated heterocycles. The second-order valence-electron chi connectivity index (χ2n) is 4.77. The monoisotopic (exact) mass is 242 g/mol. The van der Waals surface area contributed by atoms with Gasteiger partial charge in [-0.05, 0) is 25.7 Å². The molecular formula is C12H22N2OS. The van der Waals surface area contributed by atoms with Crippen molar-refractivity contribution in [3.63, 3.8) is 0 Å². The molecular weight excluding hydrogens is 220 g/mol. The summed E-state index contributed by atoms with van der Waals surface area (Å²) in [5.74, 6) is 0. The van der Waals surface area contributed by atoms with Crippen molar-refractivity contribution >= 4 is 16.9 Å². The Balaban J connectivity index is 1.71. The van der Waals surface area contributed by atoms with Gasteiger partial charge in [0.15, 0.2) is 5.17 Å². The van der Waals surface area contributed by atoms with Gasteiger partial charge in [-0.25, -0.2) is 0 Å². The summed E-state index contributed by atoms with van der Waals surface area (Å²) in [5, 5.41) is 5.28. The maximum atomic E-state index is 5.58. The Hall–Kier alpha value is -0.220. The van der Waals surface area contributed by atoms with Crippen LogP contribution in [0.15, 0.2) is 4.99 Å². The first-order valence-electron chi connectivity index (χ1n) is 6.28. The van der Waals surface area contributed by atoms with Crippen molar-refractivity contribution in [1.82, 2.24) is 5.32 Å². The van der Waals surface area contributed by atoms with Crippen LogP contribution < -0.4 is 5.32 Å². The number of thioether (sulfide) groups is 1. The number of rotatable bonds is 5. The molecule has 16 heavy (non-hydrogen) atoms. The van der Waals surface area contributed by atoms with Crippen LogP contribution in [0, 0.1) is 0 Å². The zero-order valence-corrected chi connectivity index (χ0v) is 11.1. The van der Waals surface area contributed by atoms with Gasteiger partial charge in [-0.2, -0.15) is 0 Å². The third-order valence-corrected chi connectivity index (χ3v) is 4.80. The van der Waals surface area contributed by atoms with E-state index in [9.17, 15) is 0 Å². The Kier molecular flexibility index (Phi) is 4.14. The fourth-order valence-corrected chi connectivity index (χ4v) is 3.37. The molecule has 1 N–H and O–H groups in total. The number of amidine groups is 1. The number of hydrogen-bond acceptors (Lipinski definition) is 4. The molecule has 2 rings (SSSR count). The summed E-state index contributed by atoms with van der Waals surface area (Å²) in [4.78, 5) is 4.54. The van der Waals surface area contributed by atoms with Gasteiger partial charge in [-0.15, -0.1) is 0 Å².